The van der Waals surface area contributed by atoms with Crippen molar-refractivity contribution in [3.05, 3.63) is 11.6 Å². The smallest absolute Gasteiger partial charge is 0.220 e. The summed E-state index contributed by atoms with van der Waals surface area (Å²) in [4.78, 5) is 18.2. The average molecular weight is 265 g/mol. The molecule has 0 saturated carbocycles. The second-order valence-corrected chi connectivity index (χ2v) is 5.40. The SMILES string of the molecule is Cc1nc(CNC(=O)CCC2CCN(C)CC2)n[nH]1. The van der Waals surface area contributed by atoms with Crippen molar-refractivity contribution in [1.82, 2.24) is 25.4 Å². The van der Waals surface area contributed by atoms with Crippen LogP contribution < -0.4 is 5.32 Å². The van der Waals surface area contributed by atoms with Crippen LogP contribution >= 0.6 is 0 Å². The highest BCUT2D eigenvalue weighted by molar-refractivity contribution is 5.75. The zero-order chi connectivity index (χ0) is 13.7. The van der Waals surface area contributed by atoms with Crippen LogP contribution in [0, 0.1) is 12.8 Å². The van der Waals surface area contributed by atoms with Crippen molar-refractivity contribution in [3.8, 4) is 0 Å². The number of likely N-dealkylation sites (tertiary alicyclic amines) is 1. The lowest BCUT2D eigenvalue weighted by Gasteiger charge is -2.28. The fourth-order valence-corrected chi connectivity index (χ4v) is 2.42. The number of hydrogen-bond donors (Lipinski definition) is 2. The van der Waals surface area contributed by atoms with Crippen LogP contribution in [0.4, 0.5) is 0 Å². The van der Waals surface area contributed by atoms with Gasteiger partial charge in [0.05, 0.1) is 6.54 Å². The third-order valence-electron chi connectivity index (χ3n) is 3.70. The Balaban J connectivity index is 1.62. The van der Waals surface area contributed by atoms with Crippen molar-refractivity contribution in [3.63, 3.8) is 0 Å². The van der Waals surface area contributed by atoms with Gasteiger partial charge >= 0.3 is 0 Å². The van der Waals surface area contributed by atoms with Gasteiger partial charge in [0.2, 0.25) is 5.91 Å². The zero-order valence-electron chi connectivity index (χ0n) is 11.8. The molecule has 2 rings (SSSR count). The standard InChI is InChI=1S/C13H23N5O/c1-10-15-12(17-16-10)9-14-13(19)4-3-11-5-7-18(2)8-6-11/h11H,3-9H2,1-2H3,(H,14,19)(H,15,16,17). The molecule has 1 aromatic heterocycles. The van der Waals surface area contributed by atoms with Crippen molar-refractivity contribution < 1.29 is 4.79 Å². The van der Waals surface area contributed by atoms with E-state index in [2.05, 4.69) is 32.4 Å². The topological polar surface area (TPSA) is 73.9 Å². The number of rotatable bonds is 5. The highest BCUT2D eigenvalue weighted by Gasteiger charge is 2.17. The molecular formula is C13H23N5O. The Labute approximate surface area is 114 Å². The molecule has 2 heterocycles. The summed E-state index contributed by atoms with van der Waals surface area (Å²) in [6, 6.07) is 0. The first-order chi connectivity index (χ1) is 9.13. The predicted molar refractivity (Wildman–Crippen MR) is 72.4 cm³/mol. The van der Waals surface area contributed by atoms with Gasteiger partial charge < -0.3 is 10.2 Å². The van der Waals surface area contributed by atoms with Gasteiger partial charge in [0.15, 0.2) is 5.82 Å². The van der Waals surface area contributed by atoms with E-state index in [1.165, 1.54) is 12.8 Å². The Morgan fingerprint density at radius 1 is 1.47 bits per heavy atom. The van der Waals surface area contributed by atoms with E-state index in [1.807, 2.05) is 6.92 Å². The van der Waals surface area contributed by atoms with E-state index in [-0.39, 0.29) is 5.91 Å². The van der Waals surface area contributed by atoms with Crippen LogP contribution in [-0.2, 0) is 11.3 Å². The van der Waals surface area contributed by atoms with E-state index in [4.69, 9.17) is 0 Å². The van der Waals surface area contributed by atoms with E-state index in [9.17, 15) is 4.79 Å². The summed E-state index contributed by atoms with van der Waals surface area (Å²) in [6.45, 7) is 4.57. The van der Waals surface area contributed by atoms with E-state index < -0.39 is 0 Å². The number of aryl methyl sites for hydroxylation is 1. The fraction of sp³-hybridized carbons (Fsp3) is 0.769. The zero-order valence-corrected chi connectivity index (χ0v) is 11.8. The lowest BCUT2D eigenvalue weighted by molar-refractivity contribution is -0.121. The Morgan fingerprint density at radius 2 is 2.21 bits per heavy atom. The number of hydrogen-bond acceptors (Lipinski definition) is 4. The van der Waals surface area contributed by atoms with Crippen molar-refractivity contribution in [2.75, 3.05) is 20.1 Å². The maximum atomic E-state index is 11.7. The highest BCUT2D eigenvalue weighted by atomic mass is 16.1. The molecule has 0 bridgehead atoms. The minimum atomic E-state index is 0.0985. The molecule has 1 aliphatic heterocycles. The number of amides is 1. The van der Waals surface area contributed by atoms with Crippen LogP contribution in [0.15, 0.2) is 0 Å². The van der Waals surface area contributed by atoms with Gasteiger partial charge in [-0.3, -0.25) is 9.89 Å². The molecular weight excluding hydrogens is 242 g/mol. The summed E-state index contributed by atoms with van der Waals surface area (Å²) < 4.78 is 0. The van der Waals surface area contributed by atoms with Crippen LogP contribution in [0.1, 0.15) is 37.3 Å². The number of carbonyl (C=O) groups is 1. The van der Waals surface area contributed by atoms with Crippen LogP contribution in [0.25, 0.3) is 0 Å². The first-order valence-corrected chi connectivity index (χ1v) is 6.96. The van der Waals surface area contributed by atoms with Gasteiger partial charge in [0, 0.05) is 6.42 Å². The van der Waals surface area contributed by atoms with Gasteiger partial charge in [-0.1, -0.05) is 0 Å². The second kappa shape index (κ2) is 6.65. The quantitative estimate of drug-likeness (QED) is 0.828. The number of carbonyl (C=O) groups excluding carboxylic acids is 1. The molecule has 1 saturated heterocycles. The number of nitrogens with zero attached hydrogens (tertiary/aromatic N) is 3. The normalized spacial score (nSPS) is 17.6. The van der Waals surface area contributed by atoms with Crippen LogP contribution in [-0.4, -0.2) is 46.1 Å². The summed E-state index contributed by atoms with van der Waals surface area (Å²) in [7, 11) is 2.15. The molecule has 0 atom stereocenters. The Bertz CT molecular complexity index is 409. The number of aromatic nitrogens is 3. The number of aromatic amines is 1. The van der Waals surface area contributed by atoms with Crippen molar-refractivity contribution in [2.45, 2.75) is 39.2 Å². The largest absolute Gasteiger partial charge is 0.349 e. The van der Waals surface area contributed by atoms with Crippen molar-refractivity contribution in [1.29, 1.82) is 0 Å². The van der Waals surface area contributed by atoms with Gasteiger partial charge in [-0.05, 0) is 52.2 Å². The van der Waals surface area contributed by atoms with Crippen molar-refractivity contribution in [2.24, 2.45) is 5.92 Å². The van der Waals surface area contributed by atoms with E-state index in [0.717, 1.165) is 25.3 Å². The molecule has 0 radical (unpaired) electrons. The van der Waals surface area contributed by atoms with Gasteiger partial charge in [0.25, 0.3) is 0 Å². The first kappa shape index (κ1) is 14.0. The van der Waals surface area contributed by atoms with Crippen LogP contribution in [0.2, 0.25) is 0 Å². The summed E-state index contributed by atoms with van der Waals surface area (Å²) >= 11 is 0. The van der Waals surface area contributed by atoms with Gasteiger partial charge in [-0.2, -0.15) is 5.10 Å². The molecule has 2 N–H and O–H groups in total. The molecule has 1 aliphatic rings. The van der Waals surface area contributed by atoms with Gasteiger partial charge in [-0.25, -0.2) is 4.98 Å². The first-order valence-electron chi connectivity index (χ1n) is 6.96. The maximum Gasteiger partial charge on any atom is 0.220 e. The van der Waals surface area contributed by atoms with E-state index in [0.29, 0.717) is 24.7 Å². The van der Waals surface area contributed by atoms with Crippen LogP contribution in [0.5, 0.6) is 0 Å². The lowest BCUT2D eigenvalue weighted by atomic mass is 9.92. The molecule has 1 amide bonds. The molecule has 1 fully saturated rings. The number of nitrogens with one attached hydrogen (secondary N) is 2. The molecule has 0 unspecified atom stereocenters. The Morgan fingerprint density at radius 3 is 2.84 bits per heavy atom. The molecule has 106 valence electrons. The summed E-state index contributed by atoms with van der Waals surface area (Å²) in [5, 5.41) is 9.62. The second-order valence-electron chi connectivity index (χ2n) is 5.40. The molecule has 1 aromatic rings. The molecule has 0 aliphatic carbocycles. The summed E-state index contributed by atoms with van der Waals surface area (Å²) in [5.41, 5.74) is 0. The molecule has 0 aromatic carbocycles. The minimum absolute atomic E-state index is 0.0985. The number of H-pyrrole nitrogens is 1. The highest BCUT2D eigenvalue weighted by Crippen LogP contribution is 2.20. The number of piperidine rings is 1. The van der Waals surface area contributed by atoms with Gasteiger partial charge in [0.1, 0.15) is 5.82 Å². The molecule has 6 nitrogen and oxygen atoms in total. The van der Waals surface area contributed by atoms with Gasteiger partial charge in [-0.15, -0.1) is 0 Å². The predicted octanol–water partition coefficient (Wildman–Crippen LogP) is 0.851. The molecule has 6 heteroatoms. The summed E-state index contributed by atoms with van der Waals surface area (Å²) in [5.74, 6) is 2.22. The Hall–Kier alpha value is -1.43. The lowest BCUT2D eigenvalue weighted by Crippen LogP contribution is -2.31. The third kappa shape index (κ3) is 4.63. The average Bonchev–Trinajstić information content (AvgIpc) is 2.81. The maximum absolute atomic E-state index is 11.7. The van der Waals surface area contributed by atoms with Crippen molar-refractivity contribution >= 4 is 5.91 Å². The van der Waals surface area contributed by atoms with Crippen LogP contribution in [0.3, 0.4) is 0 Å². The minimum Gasteiger partial charge on any atom is -0.349 e. The van der Waals surface area contributed by atoms with E-state index >= 15 is 0 Å². The van der Waals surface area contributed by atoms with E-state index in [1.54, 1.807) is 0 Å². The molecule has 0 spiro atoms. The Kier molecular flexibility index (Phi) is 4.90. The monoisotopic (exact) mass is 265 g/mol. The fourth-order valence-electron chi connectivity index (χ4n) is 2.42. The molecule has 19 heavy (non-hydrogen) atoms. The third-order valence-corrected chi connectivity index (χ3v) is 3.70. The summed E-state index contributed by atoms with van der Waals surface area (Å²) in [6.07, 6.45) is 4.03.